The molecule has 0 aliphatic heterocycles. The summed E-state index contributed by atoms with van der Waals surface area (Å²) in [6, 6.07) is 14.5. The fraction of sp³-hybridized carbons (Fsp3) is 0.375. The molecule has 3 aromatic rings. The first kappa shape index (κ1) is 19.6. The lowest BCUT2D eigenvalue weighted by Gasteiger charge is -2.27. The van der Waals surface area contributed by atoms with E-state index < -0.39 is 5.97 Å². The third kappa shape index (κ3) is 4.20. The Labute approximate surface area is 170 Å². The number of rotatable bonds is 6. The van der Waals surface area contributed by atoms with Gasteiger partial charge >= 0.3 is 5.97 Å². The summed E-state index contributed by atoms with van der Waals surface area (Å²) in [5.74, 6) is -0.450. The highest BCUT2D eigenvalue weighted by molar-refractivity contribution is 5.98. The van der Waals surface area contributed by atoms with Crippen LogP contribution in [0.3, 0.4) is 0 Å². The van der Waals surface area contributed by atoms with Crippen molar-refractivity contribution in [1.29, 1.82) is 0 Å². The lowest BCUT2D eigenvalue weighted by Crippen LogP contribution is -2.32. The molecule has 0 saturated heterocycles. The molecule has 2 N–H and O–H groups in total. The van der Waals surface area contributed by atoms with Gasteiger partial charge in [-0.15, -0.1) is 0 Å². The highest BCUT2D eigenvalue weighted by Crippen LogP contribution is 2.29. The van der Waals surface area contributed by atoms with Gasteiger partial charge in [-0.2, -0.15) is 0 Å². The fourth-order valence-corrected chi connectivity index (χ4v) is 4.45. The van der Waals surface area contributed by atoms with Crippen LogP contribution in [0.5, 0.6) is 0 Å². The van der Waals surface area contributed by atoms with Gasteiger partial charge in [-0.05, 0) is 55.4 Å². The van der Waals surface area contributed by atoms with E-state index in [-0.39, 0.29) is 5.82 Å². The predicted molar refractivity (Wildman–Crippen MR) is 113 cm³/mol. The molecule has 1 fully saturated rings. The summed E-state index contributed by atoms with van der Waals surface area (Å²) in [5, 5.41) is 14.6. The minimum absolute atomic E-state index is 0.295. The zero-order valence-electron chi connectivity index (χ0n) is 16.7. The summed E-state index contributed by atoms with van der Waals surface area (Å²) < 4.78 is 15.1. The molecular weight excluding hydrogens is 367 g/mol. The van der Waals surface area contributed by atoms with Crippen LogP contribution in [0, 0.1) is 11.7 Å². The van der Waals surface area contributed by atoms with Crippen molar-refractivity contribution in [2.24, 2.45) is 5.92 Å². The zero-order valence-corrected chi connectivity index (χ0v) is 16.7. The van der Waals surface area contributed by atoms with Gasteiger partial charge in [-0.1, -0.05) is 37.3 Å². The zero-order chi connectivity index (χ0) is 20.4. The van der Waals surface area contributed by atoms with Crippen molar-refractivity contribution in [1.82, 2.24) is 9.88 Å². The van der Waals surface area contributed by atoms with Gasteiger partial charge in [0.2, 0.25) is 0 Å². The number of hydrogen-bond donors (Lipinski definition) is 2. The molecular formula is C24H27FN2O2. The van der Waals surface area contributed by atoms with Crippen LogP contribution in [0.15, 0.2) is 48.5 Å². The van der Waals surface area contributed by atoms with Crippen molar-refractivity contribution in [2.75, 3.05) is 0 Å². The SMILES string of the molecule is CC1CCC(NCc2c(C(=O)O)n(Cc3ccc(F)cc3)c3ccccc23)CC1. The van der Waals surface area contributed by atoms with Crippen LogP contribution in [0.2, 0.25) is 0 Å². The minimum Gasteiger partial charge on any atom is -0.477 e. The van der Waals surface area contributed by atoms with E-state index in [1.54, 1.807) is 12.1 Å². The van der Waals surface area contributed by atoms with Crippen LogP contribution in [0.1, 0.15) is 54.2 Å². The maximum atomic E-state index is 13.3. The number of halogens is 1. The third-order valence-electron chi connectivity index (χ3n) is 6.12. The summed E-state index contributed by atoms with van der Waals surface area (Å²) in [4.78, 5) is 12.2. The number of carboxylic acids is 1. The second-order valence-corrected chi connectivity index (χ2v) is 8.20. The van der Waals surface area contributed by atoms with Crippen molar-refractivity contribution in [2.45, 2.75) is 51.7 Å². The van der Waals surface area contributed by atoms with E-state index in [1.165, 1.54) is 25.0 Å². The normalized spacial score (nSPS) is 19.5. The van der Waals surface area contributed by atoms with E-state index in [0.29, 0.717) is 24.8 Å². The van der Waals surface area contributed by atoms with Crippen molar-refractivity contribution >= 4 is 16.9 Å². The van der Waals surface area contributed by atoms with Crippen LogP contribution in [0.25, 0.3) is 10.9 Å². The third-order valence-corrected chi connectivity index (χ3v) is 6.12. The number of fused-ring (bicyclic) bond motifs is 1. The second-order valence-electron chi connectivity index (χ2n) is 8.20. The molecule has 1 aliphatic carbocycles. The first-order valence-electron chi connectivity index (χ1n) is 10.3. The smallest absolute Gasteiger partial charge is 0.352 e. The van der Waals surface area contributed by atoms with Gasteiger partial charge < -0.3 is 15.0 Å². The van der Waals surface area contributed by atoms with Crippen molar-refractivity contribution in [3.63, 3.8) is 0 Å². The van der Waals surface area contributed by atoms with Gasteiger partial charge in [-0.25, -0.2) is 9.18 Å². The summed E-state index contributed by atoms with van der Waals surface area (Å²) in [6.45, 7) is 3.23. The molecule has 0 atom stereocenters. The molecule has 1 aliphatic rings. The average molecular weight is 394 g/mol. The maximum Gasteiger partial charge on any atom is 0.352 e. The topological polar surface area (TPSA) is 54.3 Å². The highest BCUT2D eigenvalue weighted by atomic mass is 19.1. The van der Waals surface area contributed by atoms with Gasteiger partial charge in [-0.3, -0.25) is 0 Å². The van der Waals surface area contributed by atoms with E-state index in [9.17, 15) is 14.3 Å². The number of aromatic nitrogens is 1. The van der Waals surface area contributed by atoms with Crippen LogP contribution >= 0.6 is 0 Å². The van der Waals surface area contributed by atoms with Crippen LogP contribution in [-0.2, 0) is 13.1 Å². The van der Waals surface area contributed by atoms with Crippen LogP contribution in [-0.4, -0.2) is 21.7 Å². The van der Waals surface area contributed by atoms with E-state index in [4.69, 9.17) is 0 Å². The first-order chi connectivity index (χ1) is 14.0. The lowest BCUT2D eigenvalue weighted by atomic mass is 9.87. The number of carbonyl (C=O) groups is 1. The summed E-state index contributed by atoms with van der Waals surface area (Å²) in [5.41, 5.74) is 2.90. The highest BCUT2D eigenvalue weighted by Gasteiger charge is 2.24. The van der Waals surface area contributed by atoms with Gasteiger partial charge in [0.1, 0.15) is 11.5 Å². The van der Waals surface area contributed by atoms with Gasteiger partial charge in [0.15, 0.2) is 0 Å². The summed E-state index contributed by atoms with van der Waals surface area (Å²) >= 11 is 0. The van der Waals surface area contributed by atoms with Crippen LogP contribution in [0.4, 0.5) is 4.39 Å². The average Bonchev–Trinajstić information content (AvgIpc) is 3.03. The molecule has 5 heteroatoms. The standard InChI is InChI=1S/C24H27FN2O2/c1-16-6-12-19(13-7-16)26-14-21-20-4-2-3-5-22(20)27(23(21)24(28)29)15-17-8-10-18(25)11-9-17/h2-5,8-11,16,19,26H,6-7,12-15H2,1H3,(H,28,29). The summed E-state index contributed by atoms with van der Waals surface area (Å²) in [7, 11) is 0. The maximum absolute atomic E-state index is 13.3. The first-order valence-corrected chi connectivity index (χ1v) is 10.3. The van der Waals surface area contributed by atoms with Crippen molar-refractivity contribution in [3.8, 4) is 0 Å². The number of hydrogen-bond acceptors (Lipinski definition) is 2. The Morgan fingerprint density at radius 2 is 1.79 bits per heavy atom. The molecule has 4 nitrogen and oxygen atoms in total. The molecule has 0 amide bonds. The quantitative estimate of drug-likeness (QED) is 0.605. The molecule has 0 radical (unpaired) electrons. The molecule has 1 aromatic heterocycles. The second kappa shape index (κ2) is 8.37. The van der Waals surface area contributed by atoms with Crippen molar-refractivity contribution < 1.29 is 14.3 Å². The van der Waals surface area contributed by atoms with E-state index >= 15 is 0 Å². The largest absolute Gasteiger partial charge is 0.477 e. The number of nitrogens with one attached hydrogen (secondary N) is 1. The number of benzene rings is 2. The van der Waals surface area contributed by atoms with E-state index in [1.807, 2.05) is 28.8 Å². The number of nitrogens with zero attached hydrogens (tertiary/aromatic N) is 1. The van der Waals surface area contributed by atoms with Gasteiger partial charge in [0, 0.05) is 35.6 Å². The molecule has 0 spiro atoms. The number of carboxylic acid groups (broad SMARTS) is 1. The van der Waals surface area contributed by atoms with Gasteiger partial charge in [0.05, 0.1) is 0 Å². The van der Waals surface area contributed by atoms with Crippen molar-refractivity contribution in [3.05, 3.63) is 71.2 Å². The fourth-order valence-electron chi connectivity index (χ4n) is 4.45. The minimum atomic E-state index is -0.933. The Morgan fingerprint density at radius 3 is 2.48 bits per heavy atom. The van der Waals surface area contributed by atoms with Crippen LogP contribution < -0.4 is 5.32 Å². The molecule has 4 rings (SSSR count). The Hall–Kier alpha value is -2.66. The molecule has 1 heterocycles. The Morgan fingerprint density at radius 1 is 1.10 bits per heavy atom. The lowest BCUT2D eigenvalue weighted by molar-refractivity contribution is 0.0684. The molecule has 1 saturated carbocycles. The number of para-hydroxylation sites is 1. The Balaban J connectivity index is 1.68. The Kier molecular flexibility index (Phi) is 5.67. The van der Waals surface area contributed by atoms with E-state index in [2.05, 4.69) is 12.2 Å². The molecule has 2 aromatic carbocycles. The molecule has 29 heavy (non-hydrogen) atoms. The molecule has 152 valence electrons. The molecule has 0 unspecified atom stereocenters. The predicted octanol–water partition coefficient (Wildman–Crippen LogP) is 5.20. The molecule has 0 bridgehead atoms. The number of aromatic carboxylic acids is 1. The Bertz CT molecular complexity index is 1000. The van der Waals surface area contributed by atoms with Gasteiger partial charge in [0.25, 0.3) is 0 Å². The monoisotopic (exact) mass is 394 g/mol. The van der Waals surface area contributed by atoms with E-state index in [0.717, 1.165) is 40.8 Å². The summed E-state index contributed by atoms with van der Waals surface area (Å²) in [6.07, 6.45) is 4.71.